The lowest BCUT2D eigenvalue weighted by molar-refractivity contribution is -0.116. The average molecular weight is 616 g/mol. The van der Waals surface area contributed by atoms with Crippen LogP contribution in [-0.2, 0) is 14.6 Å². The number of sulfone groups is 1. The van der Waals surface area contributed by atoms with Gasteiger partial charge in [0.05, 0.1) is 42.3 Å². The third-order valence-electron chi connectivity index (χ3n) is 7.47. The van der Waals surface area contributed by atoms with Crippen molar-refractivity contribution >= 4 is 33.2 Å². The normalized spacial score (nSPS) is 13.6. The number of nitrogens with one attached hydrogen (secondary N) is 1. The standard InChI is InChI=1S/C32H45N3O7S/c1-4-42-28-21-23(18-19-27(28)41-2)26(22-43(3,39)40)35-31(37)24-15-14-16-25(30(24)32(35)38)34-29(36)17-12-10-8-6-5-7-9-11-13-20-33/h14-16,18-19,21,26H,4-13,17,20,22,33H2,1-3H3,(H,34,36). The number of imide groups is 1. The summed E-state index contributed by atoms with van der Waals surface area (Å²) in [5.74, 6) is -1.20. The molecule has 2 aromatic carbocycles. The van der Waals surface area contributed by atoms with Gasteiger partial charge in [-0.1, -0.05) is 57.1 Å². The maximum Gasteiger partial charge on any atom is 0.264 e. The number of nitrogens with two attached hydrogens (primary N) is 1. The van der Waals surface area contributed by atoms with E-state index >= 15 is 0 Å². The van der Waals surface area contributed by atoms with Crippen molar-refractivity contribution in [1.82, 2.24) is 4.90 Å². The molecule has 1 aliphatic heterocycles. The first-order valence-electron chi connectivity index (χ1n) is 15.1. The van der Waals surface area contributed by atoms with E-state index in [-0.39, 0.29) is 22.7 Å². The molecule has 10 nitrogen and oxygen atoms in total. The minimum absolute atomic E-state index is 0.0625. The van der Waals surface area contributed by atoms with E-state index in [1.165, 1.54) is 38.9 Å². The van der Waals surface area contributed by atoms with Gasteiger partial charge in [0.15, 0.2) is 11.5 Å². The van der Waals surface area contributed by atoms with Gasteiger partial charge in [-0.3, -0.25) is 19.3 Å². The van der Waals surface area contributed by atoms with E-state index in [1.54, 1.807) is 37.3 Å². The van der Waals surface area contributed by atoms with Crippen LogP contribution in [0.5, 0.6) is 11.5 Å². The first-order valence-corrected chi connectivity index (χ1v) is 17.2. The van der Waals surface area contributed by atoms with Gasteiger partial charge < -0.3 is 20.5 Å². The van der Waals surface area contributed by atoms with Crippen LogP contribution in [0, 0.1) is 0 Å². The van der Waals surface area contributed by atoms with E-state index in [0.29, 0.717) is 30.1 Å². The zero-order valence-electron chi connectivity index (χ0n) is 25.5. The molecule has 3 N–H and O–H groups in total. The third-order valence-corrected chi connectivity index (χ3v) is 8.39. The van der Waals surface area contributed by atoms with E-state index in [9.17, 15) is 22.8 Å². The zero-order chi connectivity index (χ0) is 31.4. The quantitative estimate of drug-likeness (QED) is 0.161. The molecule has 43 heavy (non-hydrogen) atoms. The molecule has 1 heterocycles. The number of fused-ring (bicyclic) bond motifs is 1. The van der Waals surface area contributed by atoms with Crippen LogP contribution in [0.3, 0.4) is 0 Å². The highest BCUT2D eigenvalue weighted by Gasteiger charge is 2.43. The van der Waals surface area contributed by atoms with Crippen LogP contribution < -0.4 is 20.5 Å². The fourth-order valence-electron chi connectivity index (χ4n) is 5.35. The van der Waals surface area contributed by atoms with Gasteiger partial charge in [0.2, 0.25) is 5.91 Å². The molecule has 0 saturated carbocycles. The molecule has 11 heteroatoms. The van der Waals surface area contributed by atoms with Crippen LogP contribution in [0.25, 0.3) is 0 Å². The summed E-state index contributed by atoms with van der Waals surface area (Å²) in [5, 5.41) is 2.81. The van der Waals surface area contributed by atoms with Crippen LogP contribution in [0.2, 0.25) is 0 Å². The number of hydrogen-bond donors (Lipinski definition) is 2. The molecule has 1 unspecified atom stereocenters. The molecule has 0 saturated heterocycles. The number of unbranched alkanes of at least 4 members (excludes halogenated alkanes) is 8. The smallest absolute Gasteiger partial charge is 0.264 e. The fraction of sp³-hybridized carbons (Fsp3) is 0.531. The van der Waals surface area contributed by atoms with Crippen LogP contribution in [0.15, 0.2) is 36.4 Å². The van der Waals surface area contributed by atoms with E-state index in [2.05, 4.69) is 5.32 Å². The Bertz CT molecular complexity index is 1380. The Labute approximate surface area is 255 Å². The van der Waals surface area contributed by atoms with Gasteiger partial charge in [0.1, 0.15) is 9.84 Å². The minimum atomic E-state index is -3.63. The van der Waals surface area contributed by atoms with E-state index in [1.807, 2.05) is 0 Å². The van der Waals surface area contributed by atoms with Crippen LogP contribution in [-0.4, -0.2) is 63.3 Å². The lowest BCUT2D eigenvalue weighted by Gasteiger charge is -2.27. The highest BCUT2D eigenvalue weighted by Crippen LogP contribution is 2.38. The summed E-state index contributed by atoms with van der Waals surface area (Å²) in [7, 11) is -2.15. The third kappa shape index (κ3) is 9.53. The molecule has 3 rings (SSSR count). The van der Waals surface area contributed by atoms with E-state index < -0.39 is 33.4 Å². The highest BCUT2D eigenvalue weighted by atomic mass is 32.2. The second-order valence-electron chi connectivity index (χ2n) is 10.9. The number of amides is 3. The summed E-state index contributed by atoms with van der Waals surface area (Å²) >= 11 is 0. The monoisotopic (exact) mass is 615 g/mol. The summed E-state index contributed by atoms with van der Waals surface area (Å²) in [5.41, 5.74) is 6.35. The van der Waals surface area contributed by atoms with Crippen molar-refractivity contribution in [1.29, 1.82) is 0 Å². The van der Waals surface area contributed by atoms with Gasteiger partial charge in [-0.25, -0.2) is 8.42 Å². The number of nitrogens with zero attached hydrogens (tertiary/aromatic N) is 1. The van der Waals surface area contributed by atoms with Crippen molar-refractivity contribution in [2.75, 3.05) is 37.6 Å². The summed E-state index contributed by atoms with van der Waals surface area (Å²) in [6.07, 6.45) is 11.1. The van der Waals surface area contributed by atoms with Crippen LogP contribution in [0.1, 0.15) is 103 Å². The van der Waals surface area contributed by atoms with Crippen LogP contribution >= 0.6 is 0 Å². The predicted octanol–water partition coefficient (Wildman–Crippen LogP) is 5.27. The first-order chi connectivity index (χ1) is 20.6. The van der Waals surface area contributed by atoms with Crippen molar-refractivity contribution in [3.63, 3.8) is 0 Å². The maximum absolute atomic E-state index is 13.8. The Morgan fingerprint density at radius 2 is 1.58 bits per heavy atom. The molecule has 0 spiro atoms. The molecule has 0 fully saturated rings. The zero-order valence-corrected chi connectivity index (χ0v) is 26.3. The molecular weight excluding hydrogens is 570 g/mol. The van der Waals surface area contributed by atoms with Gasteiger partial charge in [-0.15, -0.1) is 0 Å². The number of carbonyl (C=O) groups is 3. The minimum Gasteiger partial charge on any atom is -0.493 e. The number of methoxy groups -OCH3 is 1. The Kier molecular flexibility index (Phi) is 13.0. The number of anilines is 1. The number of carbonyl (C=O) groups excluding carboxylic acids is 3. The number of ether oxygens (including phenoxy) is 2. The van der Waals surface area contributed by atoms with Gasteiger partial charge in [0.25, 0.3) is 11.8 Å². The summed E-state index contributed by atoms with van der Waals surface area (Å²) in [4.78, 5) is 41.1. The molecule has 0 bridgehead atoms. The predicted molar refractivity (Wildman–Crippen MR) is 167 cm³/mol. The van der Waals surface area contributed by atoms with Crippen molar-refractivity contribution in [3.05, 3.63) is 53.1 Å². The Balaban J connectivity index is 1.71. The molecule has 0 aromatic heterocycles. The van der Waals surface area contributed by atoms with E-state index in [4.69, 9.17) is 15.2 Å². The second-order valence-corrected chi connectivity index (χ2v) is 13.1. The molecular formula is C32H45N3O7S. The average Bonchev–Trinajstić information content (AvgIpc) is 3.22. The van der Waals surface area contributed by atoms with E-state index in [0.717, 1.165) is 49.8 Å². The Morgan fingerprint density at radius 1 is 0.930 bits per heavy atom. The molecule has 2 aromatic rings. The molecule has 0 radical (unpaired) electrons. The first kappa shape index (κ1) is 34.1. The van der Waals surface area contributed by atoms with Gasteiger partial charge in [0, 0.05) is 12.7 Å². The summed E-state index contributed by atoms with van der Waals surface area (Å²) in [6, 6.07) is 8.40. The van der Waals surface area contributed by atoms with Crippen molar-refractivity contribution in [2.24, 2.45) is 5.73 Å². The second kappa shape index (κ2) is 16.4. The number of rotatable bonds is 19. The Hall–Kier alpha value is -3.44. The molecule has 1 atom stereocenters. The largest absolute Gasteiger partial charge is 0.493 e. The number of benzene rings is 2. The molecule has 236 valence electrons. The molecule has 0 aliphatic carbocycles. The summed E-state index contributed by atoms with van der Waals surface area (Å²) in [6.45, 7) is 2.88. The number of hydrogen-bond acceptors (Lipinski definition) is 8. The lowest BCUT2D eigenvalue weighted by Crippen LogP contribution is -2.37. The van der Waals surface area contributed by atoms with Gasteiger partial charge in [-0.2, -0.15) is 0 Å². The van der Waals surface area contributed by atoms with Crippen molar-refractivity contribution in [2.45, 2.75) is 77.2 Å². The fourth-order valence-corrected chi connectivity index (χ4v) is 6.26. The molecule has 1 aliphatic rings. The van der Waals surface area contributed by atoms with Crippen molar-refractivity contribution < 1.29 is 32.3 Å². The van der Waals surface area contributed by atoms with Gasteiger partial charge >= 0.3 is 0 Å². The van der Waals surface area contributed by atoms with Crippen LogP contribution in [0.4, 0.5) is 5.69 Å². The molecule has 3 amide bonds. The highest BCUT2D eigenvalue weighted by molar-refractivity contribution is 7.90. The maximum atomic E-state index is 13.8. The lowest BCUT2D eigenvalue weighted by atomic mass is 10.1. The van der Waals surface area contributed by atoms with Crippen molar-refractivity contribution in [3.8, 4) is 11.5 Å². The topological polar surface area (TPSA) is 145 Å². The summed E-state index contributed by atoms with van der Waals surface area (Å²) < 4.78 is 35.9. The Morgan fingerprint density at radius 3 is 2.19 bits per heavy atom. The van der Waals surface area contributed by atoms with Gasteiger partial charge in [-0.05, 0) is 56.1 Å². The SMILES string of the molecule is CCOc1cc(C(CS(C)(=O)=O)N2C(=O)c3cccc(NC(=O)CCCCCCCCCCCN)c3C2=O)ccc1OC.